The lowest BCUT2D eigenvalue weighted by Crippen LogP contribution is -2.38. The van der Waals surface area contributed by atoms with Crippen molar-refractivity contribution in [2.45, 2.75) is 32.5 Å². The fraction of sp³-hybridized carbons (Fsp3) is 0.259. The summed E-state index contributed by atoms with van der Waals surface area (Å²) in [4.78, 5) is 27.3. The van der Waals surface area contributed by atoms with Crippen molar-refractivity contribution < 1.29 is 23.8 Å². The van der Waals surface area contributed by atoms with Gasteiger partial charge < -0.3 is 24.4 Å². The minimum atomic E-state index is -0.563. The molecule has 1 aliphatic heterocycles. The van der Waals surface area contributed by atoms with E-state index in [1.54, 1.807) is 36.3 Å². The highest BCUT2D eigenvalue weighted by atomic mass is 16.5. The number of hydrogen-bond donors (Lipinski definition) is 1. The van der Waals surface area contributed by atoms with E-state index in [0.717, 1.165) is 16.9 Å². The van der Waals surface area contributed by atoms with Gasteiger partial charge in [0.1, 0.15) is 17.2 Å². The van der Waals surface area contributed by atoms with E-state index in [9.17, 15) is 9.59 Å². The molecule has 0 fully saturated rings. The molecule has 0 aromatic heterocycles. The van der Waals surface area contributed by atoms with Crippen molar-refractivity contribution in [1.82, 2.24) is 4.90 Å². The Morgan fingerprint density at radius 3 is 2.62 bits per heavy atom. The van der Waals surface area contributed by atoms with Gasteiger partial charge in [0.15, 0.2) is 12.7 Å². The smallest absolute Gasteiger partial charge is 0.264 e. The van der Waals surface area contributed by atoms with Crippen molar-refractivity contribution in [1.29, 1.82) is 0 Å². The number of methoxy groups -OCH3 is 1. The summed E-state index contributed by atoms with van der Waals surface area (Å²) in [6.45, 7) is 2.62. The zero-order valence-electron chi connectivity index (χ0n) is 19.3. The largest absolute Gasteiger partial charge is 0.497 e. The summed E-state index contributed by atoms with van der Waals surface area (Å²) in [5.74, 6) is 1.68. The molecule has 3 aromatic carbocycles. The maximum atomic E-state index is 13.2. The summed E-state index contributed by atoms with van der Waals surface area (Å²) in [6, 6.07) is 22.3. The lowest BCUT2D eigenvalue weighted by Gasteiger charge is -2.23. The van der Waals surface area contributed by atoms with Crippen molar-refractivity contribution in [3.05, 3.63) is 83.9 Å². The quantitative estimate of drug-likeness (QED) is 0.539. The minimum Gasteiger partial charge on any atom is -0.497 e. The predicted molar refractivity (Wildman–Crippen MR) is 129 cm³/mol. The molecule has 0 saturated heterocycles. The molecule has 1 unspecified atom stereocenters. The Morgan fingerprint density at radius 2 is 1.85 bits per heavy atom. The van der Waals surface area contributed by atoms with Crippen molar-refractivity contribution in [2.24, 2.45) is 0 Å². The van der Waals surface area contributed by atoms with Crippen LogP contribution in [0.3, 0.4) is 0 Å². The van der Waals surface area contributed by atoms with Gasteiger partial charge in [0.2, 0.25) is 0 Å². The molecule has 0 saturated carbocycles. The third-order valence-electron chi connectivity index (χ3n) is 5.55. The van der Waals surface area contributed by atoms with Crippen LogP contribution in [-0.4, -0.2) is 36.5 Å². The molecule has 0 spiro atoms. The first-order chi connectivity index (χ1) is 16.6. The van der Waals surface area contributed by atoms with Crippen LogP contribution in [0.15, 0.2) is 72.8 Å². The molecule has 1 N–H and O–H groups in total. The molecule has 3 aromatic rings. The highest BCUT2D eigenvalue weighted by molar-refractivity contribution is 5.92. The van der Waals surface area contributed by atoms with Crippen LogP contribution in [0.1, 0.15) is 24.5 Å². The van der Waals surface area contributed by atoms with Gasteiger partial charge in [-0.25, -0.2) is 0 Å². The van der Waals surface area contributed by atoms with Gasteiger partial charge in [-0.1, -0.05) is 37.3 Å². The number of nitrogens with zero attached hydrogens (tertiary/aromatic N) is 1. The van der Waals surface area contributed by atoms with Crippen LogP contribution >= 0.6 is 0 Å². The van der Waals surface area contributed by atoms with Gasteiger partial charge in [-0.15, -0.1) is 0 Å². The van der Waals surface area contributed by atoms with Gasteiger partial charge in [-0.05, 0) is 54.4 Å². The summed E-state index contributed by atoms with van der Waals surface area (Å²) in [7, 11) is 1.62. The second-order valence-corrected chi connectivity index (χ2v) is 8.03. The summed E-state index contributed by atoms with van der Waals surface area (Å²) >= 11 is 0. The molecule has 4 rings (SSSR count). The zero-order chi connectivity index (χ0) is 23.9. The third-order valence-corrected chi connectivity index (χ3v) is 5.55. The maximum absolute atomic E-state index is 13.2. The topological polar surface area (TPSA) is 77.1 Å². The number of rotatable bonds is 8. The molecular weight excluding hydrogens is 432 g/mol. The van der Waals surface area contributed by atoms with E-state index in [1.165, 1.54) is 0 Å². The molecule has 176 valence electrons. The number of benzene rings is 3. The van der Waals surface area contributed by atoms with Crippen molar-refractivity contribution in [3.8, 4) is 17.2 Å². The number of carbonyl (C=O) groups is 2. The Hall–Kier alpha value is -4.00. The van der Waals surface area contributed by atoms with E-state index >= 15 is 0 Å². The van der Waals surface area contributed by atoms with Gasteiger partial charge >= 0.3 is 0 Å². The molecule has 1 heterocycles. The standard InChI is InChI=1S/C27H28N2O5/c1-3-24-27(31)29(16-19-8-7-11-23(14-19)32-2)17-20-15-21(12-13-25(20)34-24)28-26(30)18-33-22-9-5-4-6-10-22/h4-15,24H,3,16-18H2,1-2H3,(H,28,30). The van der Waals surface area contributed by atoms with E-state index in [0.29, 0.717) is 36.7 Å². The van der Waals surface area contributed by atoms with E-state index in [-0.39, 0.29) is 18.4 Å². The Balaban J connectivity index is 1.49. The van der Waals surface area contributed by atoms with Gasteiger partial charge in [-0.2, -0.15) is 0 Å². The highest BCUT2D eigenvalue weighted by Gasteiger charge is 2.30. The summed E-state index contributed by atoms with van der Waals surface area (Å²) in [5, 5.41) is 2.86. The molecular formula is C27H28N2O5. The monoisotopic (exact) mass is 460 g/mol. The van der Waals surface area contributed by atoms with Gasteiger partial charge in [0.25, 0.3) is 11.8 Å². The average molecular weight is 461 g/mol. The Labute approximate surface area is 199 Å². The fourth-order valence-electron chi connectivity index (χ4n) is 3.83. The number of anilines is 1. The molecule has 2 amide bonds. The van der Waals surface area contributed by atoms with Crippen LogP contribution in [0.4, 0.5) is 5.69 Å². The first-order valence-electron chi connectivity index (χ1n) is 11.2. The second-order valence-electron chi connectivity index (χ2n) is 8.03. The number of nitrogens with one attached hydrogen (secondary N) is 1. The van der Waals surface area contributed by atoms with Gasteiger partial charge in [0.05, 0.1) is 7.11 Å². The fourth-order valence-corrected chi connectivity index (χ4v) is 3.83. The third kappa shape index (κ3) is 5.67. The number of amides is 2. The first kappa shape index (κ1) is 23.2. The zero-order valence-corrected chi connectivity index (χ0v) is 19.3. The lowest BCUT2D eigenvalue weighted by atomic mass is 10.1. The number of para-hydroxylation sites is 1. The highest BCUT2D eigenvalue weighted by Crippen LogP contribution is 2.30. The minimum absolute atomic E-state index is 0.0663. The maximum Gasteiger partial charge on any atom is 0.264 e. The van der Waals surface area contributed by atoms with E-state index in [1.807, 2.05) is 55.5 Å². The van der Waals surface area contributed by atoms with Crippen LogP contribution in [0.25, 0.3) is 0 Å². The molecule has 34 heavy (non-hydrogen) atoms. The predicted octanol–water partition coefficient (Wildman–Crippen LogP) is 4.41. The van der Waals surface area contributed by atoms with Gasteiger partial charge in [-0.3, -0.25) is 9.59 Å². The van der Waals surface area contributed by atoms with Gasteiger partial charge in [0, 0.05) is 24.3 Å². The normalized spacial score (nSPS) is 15.1. The van der Waals surface area contributed by atoms with E-state index in [2.05, 4.69) is 5.32 Å². The molecule has 0 bridgehead atoms. The summed E-state index contributed by atoms with van der Waals surface area (Å²) in [5.41, 5.74) is 2.41. The summed E-state index contributed by atoms with van der Waals surface area (Å²) in [6.07, 6.45) is -0.00563. The average Bonchev–Trinajstić information content (AvgIpc) is 2.99. The molecule has 0 radical (unpaired) electrons. The molecule has 1 atom stereocenters. The Morgan fingerprint density at radius 1 is 1.06 bits per heavy atom. The van der Waals surface area contributed by atoms with E-state index in [4.69, 9.17) is 14.2 Å². The Bertz CT molecular complexity index is 1150. The van der Waals surface area contributed by atoms with Crippen LogP contribution in [0.2, 0.25) is 0 Å². The van der Waals surface area contributed by atoms with Crippen LogP contribution in [-0.2, 0) is 22.7 Å². The first-order valence-corrected chi connectivity index (χ1v) is 11.2. The second kappa shape index (κ2) is 10.7. The number of carbonyl (C=O) groups excluding carboxylic acids is 2. The number of ether oxygens (including phenoxy) is 3. The van der Waals surface area contributed by atoms with Crippen LogP contribution in [0.5, 0.6) is 17.2 Å². The number of fused-ring (bicyclic) bond motifs is 1. The van der Waals surface area contributed by atoms with Crippen molar-refractivity contribution >= 4 is 17.5 Å². The molecule has 1 aliphatic rings. The molecule has 7 nitrogen and oxygen atoms in total. The van der Waals surface area contributed by atoms with Crippen molar-refractivity contribution in [2.75, 3.05) is 19.0 Å². The number of hydrogen-bond acceptors (Lipinski definition) is 5. The van der Waals surface area contributed by atoms with Crippen LogP contribution in [0, 0.1) is 0 Å². The molecule has 0 aliphatic carbocycles. The SMILES string of the molecule is CCC1Oc2ccc(NC(=O)COc3ccccc3)cc2CN(Cc2cccc(OC)c2)C1=O. The van der Waals surface area contributed by atoms with E-state index < -0.39 is 6.10 Å². The lowest BCUT2D eigenvalue weighted by molar-refractivity contribution is -0.139. The molecule has 7 heteroatoms. The van der Waals surface area contributed by atoms with Crippen molar-refractivity contribution in [3.63, 3.8) is 0 Å². The Kier molecular flexibility index (Phi) is 7.32. The summed E-state index contributed by atoms with van der Waals surface area (Å²) < 4.78 is 16.9. The van der Waals surface area contributed by atoms with Crippen LogP contribution < -0.4 is 19.5 Å².